The normalized spacial score (nSPS) is 18.7. The van der Waals surface area contributed by atoms with E-state index >= 15 is 0 Å². The zero-order valence-corrected chi connectivity index (χ0v) is 14.0. The van der Waals surface area contributed by atoms with Crippen LogP contribution in [0.1, 0.15) is 18.4 Å². The van der Waals surface area contributed by atoms with Gasteiger partial charge < -0.3 is 11.1 Å². The average Bonchev–Trinajstić information content (AvgIpc) is 3.38. The van der Waals surface area contributed by atoms with Crippen LogP contribution in [0.3, 0.4) is 0 Å². The first-order chi connectivity index (χ1) is 12.9. The summed E-state index contributed by atoms with van der Waals surface area (Å²) in [6, 6.07) is 9.24. The average molecular weight is 372 g/mol. The number of carbonyl (C=O) groups is 1. The number of alkyl halides is 3. The summed E-state index contributed by atoms with van der Waals surface area (Å²) >= 11 is 0. The number of halogens is 3. The van der Waals surface area contributed by atoms with Gasteiger partial charge in [-0.3, -0.25) is 4.79 Å². The Hall–Kier alpha value is -3.16. The van der Waals surface area contributed by atoms with Crippen LogP contribution in [0, 0.1) is 5.92 Å². The molecule has 1 aliphatic rings. The molecule has 0 bridgehead atoms. The molecule has 4 rings (SSSR count). The molecule has 0 aliphatic heterocycles. The third kappa shape index (κ3) is 3.30. The summed E-state index contributed by atoms with van der Waals surface area (Å²) in [5.74, 6) is -0.689. The molecule has 0 spiro atoms. The summed E-state index contributed by atoms with van der Waals surface area (Å²) < 4.78 is 39.6. The maximum Gasteiger partial charge on any atom is 0.264 e. The van der Waals surface area contributed by atoms with Crippen LogP contribution in [0.2, 0.25) is 0 Å². The van der Waals surface area contributed by atoms with Gasteiger partial charge in [0, 0.05) is 22.7 Å². The monoisotopic (exact) mass is 372 g/mol. The minimum atomic E-state index is -2.65. The molecule has 8 heteroatoms. The van der Waals surface area contributed by atoms with Gasteiger partial charge in [0.2, 0.25) is 5.91 Å². The fraction of sp³-hybridized carbons (Fsp3) is 0.211. The second-order valence-electron chi connectivity index (χ2n) is 6.42. The van der Waals surface area contributed by atoms with Gasteiger partial charge in [-0.2, -0.15) is 0 Å². The van der Waals surface area contributed by atoms with E-state index in [2.05, 4.69) is 15.3 Å². The smallest absolute Gasteiger partial charge is 0.264 e. The molecule has 0 unspecified atom stereocenters. The number of nitrogens with one attached hydrogen (secondary N) is 1. The summed E-state index contributed by atoms with van der Waals surface area (Å²) in [5.41, 5.74) is 6.40. The Kier molecular flexibility index (Phi) is 4.18. The predicted molar refractivity (Wildman–Crippen MR) is 96.0 cm³/mol. The van der Waals surface area contributed by atoms with E-state index in [1.54, 1.807) is 24.3 Å². The van der Waals surface area contributed by atoms with Crippen LogP contribution in [0.25, 0.3) is 22.0 Å². The topological polar surface area (TPSA) is 80.9 Å². The van der Waals surface area contributed by atoms with Gasteiger partial charge in [0.1, 0.15) is 17.8 Å². The molecule has 0 saturated heterocycles. The Bertz CT molecular complexity index is 1040. The molecule has 3 N–H and O–H groups in total. The quantitative estimate of drug-likeness (QED) is 0.722. The van der Waals surface area contributed by atoms with Gasteiger partial charge in [0.05, 0.1) is 11.6 Å². The number of hydrogen-bond acceptors (Lipinski definition) is 4. The van der Waals surface area contributed by atoms with Crippen LogP contribution in [-0.4, -0.2) is 22.0 Å². The second kappa shape index (κ2) is 6.53. The number of fused-ring (bicyclic) bond motifs is 1. The predicted octanol–water partition coefficient (Wildman–Crippen LogP) is 4.11. The Labute approximate surface area is 152 Å². The molecule has 1 fully saturated rings. The number of benzene rings is 1. The van der Waals surface area contributed by atoms with E-state index in [4.69, 9.17) is 5.73 Å². The highest BCUT2D eigenvalue weighted by Crippen LogP contribution is 2.35. The molecule has 2 heterocycles. The minimum absolute atomic E-state index is 0.142. The summed E-state index contributed by atoms with van der Waals surface area (Å²) in [5, 5.41) is 3.68. The highest BCUT2D eigenvalue weighted by Gasteiger charge is 2.43. The van der Waals surface area contributed by atoms with E-state index in [1.807, 2.05) is 0 Å². The molecule has 5 nitrogen and oxygen atoms in total. The van der Waals surface area contributed by atoms with Crippen molar-refractivity contribution in [2.75, 3.05) is 11.1 Å². The second-order valence-corrected chi connectivity index (χ2v) is 6.42. The van der Waals surface area contributed by atoms with Crippen molar-refractivity contribution in [3.05, 3.63) is 48.2 Å². The van der Waals surface area contributed by atoms with Crippen molar-refractivity contribution in [1.29, 1.82) is 0 Å². The van der Waals surface area contributed by atoms with Crippen LogP contribution < -0.4 is 11.1 Å². The van der Waals surface area contributed by atoms with Gasteiger partial charge in [-0.25, -0.2) is 23.1 Å². The number of nitrogens with two attached hydrogens (primary N) is 1. The van der Waals surface area contributed by atoms with Gasteiger partial charge in [-0.05, 0) is 23.9 Å². The van der Waals surface area contributed by atoms with Crippen LogP contribution in [-0.2, 0) is 4.79 Å². The fourth-order valence-corrected chi connectivity index (χ4v) is 2.96. The lowest BCUT2D eigenvalue weighted by molar-refractivity contribution is -0.117. The van der Waals surface area contributed by atoms with Crippen molar-refractivity contribution >= 4 is 28.3 Å². The molecule has 138 valence electrons. The van der Waals surface area contributed by atoms with Crippen molar-refractivity contribution < 1.29 is 18.0 Å². The van der Waals surface area contributed by atoms with E-state index in [1.165, 1.54) is 18.3 Å². The Morgan fingerprint density at radius 3 is 2.70 bits per heavy atom. The molecule has 1 aliphatic carbocycles. The molecular formula is C19H15F3N4O. The largest absolute Gasteiger partial charge is 0.383 e. The molecule has 3 aromatic rings. The number of nitrogen functional groups attached to an aromatic ring is 1. The summed E-state index contributed by atoms with van der Waals surface area (Å²) in [7, 11) is 0. The van der Waals surface area contributed by atoms with Gasteiger partial charge in [0.15, 0.2) is 0 Å². The minimum Gasteiger partial charge on any atom is -0.383 e. The number of amides is 1. The number of anilines is 2. The van der Waals surface area contributed by atoms with E-state index in [0.29, 0.717) is 16.5 Å². The van der Waals surface area contributed by atoms with Gasteiger partial charge >= 0.3 is 0 Å². The number of hydrogen-bond donors (Lipinski definition) is 2. The van der Waals surface area contributed by atoms with E-state index in [9.17, 15) is 18.0 Å². The lowest BCUT2D eigenvalue weighted by Crippen LogP contribution is -2.15. The molecule has 0 radical (unpaired) electrons. The lowest BCUT2D eigenvalue weighted by Gasteiger charge is -2.11. The molecule has 2 atom stereocenters. The van der Waals surface area contributed by atoms with Crippen molar-refractivity contribution in [2.24, 2.45) is 5.92 Å². The molecule has 27 heavy (non-hydrogen) atoms. The summed E-state index contributed by atoms with van der Waals surface area (Å²) in [4.78, 5) is 20.2. The standard InChI is InChI=1S/C19H15F3N4O/c20-14-7-12(14)19(27)26-16-6-9-5-15(25-18(23)13(9)8-24-16)10-3-1-2-4-11(10)17(21)22/h1-6,8,12,14,17H,7H2,(H2,23,25)(H,24,26,27)/t12-,14+/m1/s1. The highest BCUT2D eigenvalue weighted by molar-refractivity contribution is 5.98. The fourth-order valence-electron chi connectivity index (χ4n) is 2.96. The van der Waals surface area contributed by atoms with Crippen LogP contribution >= 0.6 is 0 Å². The van der Waals surface area contributed by atoms with Crippen LogP contribution in [0.15, 0.2) is 42.6 Å². The SMILES string of the molecule is Nc1nc(-c2ccccc2C(F)F)cc2cc(NC(=O)[C@@H]3C[C@@H]3F)ncc12. The zero-order valence-electron chi connectivity index (χ0n) is 14.0. The number of carbonyl (C=O) groups excluding carboxylic acids is 1. The lowest BCUT2D eigenvalue weighted by atomic mass is 10.0. The van der Waals surface area contributed by atoms with Crippen molar-refractivity contribution in [3.8, 4) is 11.3 Å². The molecule has 2 aromatic heterocycles. The summed E-state index contributed by atoms with van der Waals surface area (Å²) in [6.07, 6.45) is -2.11. The first kappa shape index (κ1) is 17.3. The Balaban J connectivity index is 1.74. The van der Waals surface area contributed by atoms with E-state index in [0.717, 1.165) is 0 Å². The van der Waals surface area contributed by atoms with Crippen LogP contribution in [0.5, 0.6) is 0 Å². The van der Waals surface area contributed by atoms with Gasteiger partial charge in [0.25, 0.3) is 6.43 Å². The Morgan fingerprint density at radius 2 is 2.00 bits per heavy atom. The van der Waals surface area contributed by atoms with Crippen molar-refractivity contribution in [1.82, 2.24) is 9.97 Å². The number of aromatic nitrogens is 2. The van der Waals surface area contributed by atoms with Crippen LogP contribution in [0.4, 0.5) is 24.8 Å². The Morgan fingerprint density at radius 1 is 1.26 bits per heavy atom. The summed E-state index contributed by atoms with van der Waals surface area (Å²) in [6.45, 7) is 0. The molecule has 1 amide bonds. The van der Waals surface area contributed by atoms with Gasteiger partial charge in [-0.15, -0.1) is 0 Å². The zero-order chi connectivity index (χ0) is 19.1. The third-order valence-corrected chi connectivity index (χ3v) is 4.52. The highest BCUT2D eigenvalue weighted by atomic mass is 19.3. The van der Waals surface area contributed by atoms with E-state index in [-0.39, 0.29) is 29.2 Å². The van der Waals surface area contributed by atoms with Gasteiger partial charge in [-0.1, -0.05) is 24.3 Å². The first-order valence-electron chi connectivity index (χ1n) is 8.32. The molecular weight excluding hydrogens is 357 g/mol. The molecule has 1 saturated carbocycles. The number of nitrogens with zero attached hydrogens (tertiary/aromatic N) is 2. The third-order valence-electron chi connectivity index (χ3n) is 4.52. The molecule has 1 aromatic carbocycles. The number of pyridine rings is 2. The van der Waals surface area contributed by atoms with Crippen molar-refractivity contribution in [2.45, 2.75) is 19.0 Å². The van der Waals surface area contributed by atoms with E-state index < -0.39 is 24.4 Å². The number of rotatable bonds is 4. The maximum absolute atomic E-state index is 13.3. The maximum atomic E-state index is 13.3. The van der Waals surface area contributed by atoms with Crippen molar-refractivity contribution in [3.63, 3.8) is 0 Å². The first-order valence-corrected chi connectivity index (χ1v) is 8.32.